The first kappa shape index (κ1) is 15.6. The van der Waals surface area contributed by atoms with E-state index in [1.54, 1.807) is 28.8 Å². The fraction of sp³-hybridized carbons (Fsp3) is 0.333. The van der Waals surface area contributed by atoms with Crippen LogP contribution in [0.3, 0.4) is 0 Å². The molecule has 128 valence electrons. The van der Waals surface area contributed by atoms with Crippen LogP contribution in [0.5, 0.6) is 0 Å². The molecule has 3 heterocycles. The van der Waals surface area contributed by atoms with Crippen LogP contribution >= 0.6 is 0 Å². The van der Waals surface area contributed by atoms with Gasteiger partial charge in [0.15, 0.2) is 6.39 Å². The molecule has 0 atom stereocenters. The molecule has 1 aromatic carbocycles. The predicted octanol–water partition coefficient (Wildman–Crippen LogP) is 2.17. The summed E-state index contributed by atoms with van der Waals surface area (Å²) in [5.74, 6) is 0.153. The smallest absolute Gasteiger partial charge is 0.291 e. The predicted molar refractivity (Wildman–Crippen MR) is 91.4 cm³/mol. The Kier molecular flexibility index (Phi) is 3.83. The van der Waals surface area contributed by atoms with E-state index < -0.39 is 0 Å². The molecule has 25 heavy (non-hydrogen) atoms. The fourth-order valence-electron chi connectivity index (χ4n) is 3.34. The molecule has 0 bridgehead atoms. The van der Waals surface area contributed by atoms with Gasteiger partial charge in [0.25, 0.3) is 11.5 Å². The third-order valence-electron chi connectivity index (χ3n) is 4.78. The van der Waals surface area contributed by atoms with E-state index in [-0.39, 0.29) is 17.5 Å². The second-order valence-electron chi connectivity index (χ2n) is 6.26. The molecule has 1 aliphatic rings. The monoisotopic (exact) mass is 338 g/mol. The number of carbonyl (C=O) groups excluding carboxylic acids is 1. The average Bonchev–Trinajstić information content (AvgIpc) is 3.08. The summed E-state index contributed by atoms with van der Waals surface area (Å²) >= 11 is 0. The highest BCUT2D eigenvalue weighted by Gasteiger charge is 2.28. The molecule has 1 saturated heterocycles. The van der Waals surface area contributed by atoms with Gasteiger partial charge in [-0.1, -0.05) is 12.1 Å². The number of benzene rings is 1. The molecular weight excluding hydrogens is 320 g/mol. The lowest BCUT2D eigenvalue weighted by molar-refractivity contribution is 0.0660. The summed E-state index contributed by atoms with van der Waals surface area (Å²) < 4.78 is 6.89. The lowest BCUT2D eigenvalue weighted by Gasteiger charge is -2.32. The number of carbonyl (C=O) groups is 1. The summed E-state index contributed by atoms with van der Waals surface area (Å²) in [5, 5.41) is 0.626. The number of likely N-dealkylation sites (tertiary alicyclic amines) is 1. The number of nitrogens with zero attached hydrogens (tertiary/aromatic N) is 4. The van der Waals surface area contributed by atoms with Crippen LogP contribution in [0, 0.1) is 6.92 Å². The highest BCUT2D eigenvalue weighted by molar-refractivity contribution is 5.92. The van der Waals surface area contributed by atoms with Crippen molar-refractivity contribution in [3.05, 3.63) is 58.8 Å². The molecule has 1 fully saturated rings. The summed E-state index contributed by atoms with van der Waals surface area (Å²) in [7, 11) is 0. The Morgan fingerprint density at radius 2 is 1.96 bits per heavy atom. The molecule has 0 radical (unpaired) electrons. The lowest BCUT2D eigenvalue weighted by Crippen LogP contribution is -2.41. The van der Waals surface area contributed by atoms with Crippen molar-refractivity contribution in [3.8, 4) is 0 Å². The first-order valence-corrected chi connectivity index (χ1v) is 8.30. The zero-order valence-electron chi connectivity index (χ0n) is 13.9. The zero-order valence-corrected chi connectivity index (χ0v) is 13.9. The van der Waals surface area contributed by atoms with Crippen molar-refractivity contribution in [1.82, 2.24) is 19.4 Å². The SMILES string of the molecule is Cc1ncoc1C(=O)N1CCC(n2cnc3ccccc3c2=O)CC1. The van der Waals surface area contributed by atoms with Crippen LogP contribution in [0.4, 0.5) is 0 Å². The number of piperidine rings is 1. The number of rotatable bonds is 2. The third kappa shape index (κ3) is 2.71. The molecule has 1 aliphatic heterocycles. The Morgan fingerprint density at radius 1 is 1.20 bits per heavy atom. The van der Waals surface area contributed by atoms with E-state index in [4.69, 9.17) is 4.42 Å². The van der Waals surface area contributed by atoms with Gasteiger partial charge in [0.1, 0.15) is 0 Å². The highest BCUT2D eigenvalue weighted by Crippen LogP contribution is 2.23. The number of fused-ring (bicyclic) bond motifs is 1. The van der Waals surface area contributed by atoms with Gasteiger partial charge in [-0.15, -0.1) is 0 Å². The molecule has 3 aromatic rings. The molecule has 7 nitrogen and oxygen atoms in total. The average molecular weight is 338 g/mol. The van der Waals surface area contributed by atoms with E-state index in [1.165, 1.54) is 6.39 Å². The standard InChI is InChI=1S/C18H18N4O3/c1-12-16(25-11-20-12)18(24)21-8-6-13(7-9-21)22-10-19-15-5-3-2-4-14(15)17(22)23/h2-5,10-11,13H,6-9H2,1H3. The summed E-state index contributed by atoms with van der Waals surface area (Å²) in [4.78, 5) is 35.3. The second kappa shape index (κ2) is 6.16. The maximum absolute atomic E-state index is 12.7. The van der Waals surface area contributed by atoms with Crippen molar-refractivity contribution >= 4 is 16.8 Å². The fourth-order valence-corrected chi connectivity index (χ4v) is 3.34. The van der Waals surface area contributed by atoms with Crippen molar-refractivity contribution in [1.29, 1.82) is 0 Å². The van der Waals surface area contributed by atoms with Crippen LogP contribution in [-0.2, 0) is 0 Å². The van der Waals surface area contributed by atoms with Gasteiger partial charge < -0.3 is 9.32 Å². The van der Waals surface area contributed by atoms with E-state index in [1.807, 2.05) is 18.2 Å². The minimum atomic E-state index is -0.141. The Balaban J connectivity index is 1.53. The number of oxazole rings is 1. The molecular formula is C18H18N4O3. The topological polar surface area (TPSA) is 81.2 Å². The minimum absolute atomic E-state index is 0.0264. The molecule has 1 amide bonds. The van der Waals surface area contributed by atoms with Crippen LogP contribution in [0.2, 0.25) is 0 Å². The third-order valence-corrected chi connectivity index (χ3v) is 4.78. The Labute approximate surface area is 143 Å². The van der Waals surface area contributed by atoms with Gasteiger partial charge in [-0.25, -0.2) is 9.97 Å². The molecule has 0 aliphatic carbocycles. The van der Waals surface area contributed by atoms with E-state index in [9.17, 15) is 9.59 Å². The first-order valence-electron chi connectivity index (χ1n) is 8.30. The second-order valence-corrected chi connectivity index (χ2v) is 6.26. The van der Waals surface area contributed by atoms with E-state index in [0.717, 1.165) is 0 Å². The van der Waals surface area contributed by atoms with Gasteiger partial charge in [-0.05, 0) is 31.9 Å². The van der Waals surface area contributed by atoms with Crippen molar-refractivity contribution in [2.75, 3.05) is 13.1 Å². The summed E-state index contributed by atoms with van der Waals surface area (Å²) in [6, 6.07) is 7.39. The van der Waals surface area contributed by atoms with Crippen LogP contribution in [-0.4, -0.2) is 38.4 Å². The largest absolute Gasteiger partial charge is 0.438 e. The van der Waals surface area contributed by atoms with E-state index >= 15 is 0 Å². The van der Waals surface area contributed by atoms with Crippen LogP contribution in [0.15, 0.2) is 46.2 Å². The number of aromatic nitrogens is 3. The molecule has 7 heteroatoms. The number of aryl methyl sites for hydroxylation is 1. The number of amides is 1. The number of para-hydroxylation sites is 1. The van der Waals surface area contributed by atoms with Gasteiger partial charge in [-0.2, -0.15) is 0 Å². The summed E-state index contributed by atoms with van der Waals surface area (Å²) in [5.41, 5.74) is 1.28. The van der Waals surface area contributed by atoms with Gasteiger partial charge in [0.2, 0.25) is 5.76 Å². The van der Waals surface area contributed by atoms with Crippen molar-refractivity contribution in [2.24, 2.45) is 0 Å². The van der Waals surface area contributed by atoms with Gasteiger partial charge in [0, 0.05) is 19.1 Å². The Morgan fingerprint density at radius 3 is 2.68 bits per heavy atom. The lowest BCUT2D eigenvalue weighted by atomic mass is 10.0. The summed E-state index contributed by atoms with van der Waals surface area (Å²) in [6.07, 6.45) is 4.32. The first-order chi connectivity index (χ1) is 12.1. The van der Waals surface area contributed by atoms with Gasteiger partial charge in [0.05, 0.1) is 22.9 Å². The molecule has 0 saturated carbocycles. The van der Waals surface area contributed by atoms with Crippen molar-refractivity contribution < 1.29 is 9.21 Å². The molecule has 0 unspecified atom stereocenters. The van der Waals surface area contributed by atoms with Crippen molar-refractivity contribution in [2.45, 2.75) is 25.8 Å². The zero-order chi connectivity index (χ0) is 17.4. The Bertz CT molecular complexity index is 983. The molecule has 4 rings (SSSR count). The quantitative estimate of drug-likeness (QED) is 0.715. The minimum Gasteiger partial charge on any atom is -0.438 e. The Hall–Kier alpha value is -2.96. The van der Waals surface area contributed by atoms with Crippen molar-refractivity contribution in [3.63, 3.8) is 0 Å². The van der Waals surface area contributed by atoms with Gasteiger partial charge in [-0.3, -0.25) is 14.2 Å². The number of hydrogen-bond donors (Lipinski definition) is 0. The maximum Gasteiger partial charge on any atom is 0.291 e. The molecule has 0 spiro atoms. The van der Waals surface area contributed by atoms with Crippen LogP contribution in [0.1, 0.15) is 35.1 Å². The van der Waals surface area contributed by atoms with E-state index in [0.29, 0.717) is 48.3 Å². The normalized spacial score (nSPS) is 15.6. The molecule has 0 N–H and O–H groups in total. The van der Waals surface area contributed by atoms with Crippen LogP contribution < -0.4 is 5.56 Å². The van der Waals surface area contributed by atoms with Crippen LogP contribution in [0.25, 0.3) is 10.9 Å². The van der Waals surface area contributed by atoms with Gasteiger partial charge >= 0.3 is 0 Å². The van der Waals surface area contributed by atoms with E-state index in [2.05, 4.69) is 9.97 Å². The highest BCUT2D eigenvalue weighted by atomic mass is 16.3. The summed E-state index contributed by atoms with van der Waals surface area (Å²) in [6.45, 7) is 2.90. The maximum atomic E-state index is 12.7. The molecule has 2 aromatic heterocycles. The number of hydrogen-bond acceptors (Lipinski definition) is 5.